The van der Waals surface area contributed by atoms with Crippen LogP contribution in [0.1, 0.15) is 45.1 Å². The molecule has 0 spiro atoms. The van der Waals surface area contributed by atoms with Crippen LogP contribution in [0.5, 0.6) is 0 Å². The molecule has 1 saturated carbocycles. The Kier molecular flexibility index (Phi) is 4.92. The summed E-state index contributed by atoms with van der Waals surface area (Å²) in [5, 5.41) is 0.890. The zero-order chi connectivity index (χ0) is 13.9. The Morgan fingerprint density at radius 3 is 2.42 bits per heavy atom. The van der Waals surface area contributed by atoms with Gasteiger partial charge in [0.25, 0.3) is 0 Å². The summed E-state index contributed by atoms with van der Waals surface area (Å²) in [4.78, 5) is 0. The predicted octanol–water partition coefficient (Wildman–Crippen LogP) is 4.67. The van der Waals surface area contributed by atoms with E-state index in [2.05, 4.69) is 26.0 Å². The van der Waals surface area contributed by atoms with E-state index in [4.69, 9.17) is 17.3 Å². The van der Waals surface area contributed by atoms with E-state index in [1.807, 2.05) is 12.1 Å². The molecule has 106 valence electrons. The molecule has 1 aliphatic carbocycles. The highest BCUT2D eigenvalue weighted by Crippen LogP contribution is 2.43. The fourth-order valence-corrected chi connectivity index (χ4v) is 3.62. The van der Waals surface area contributed by atoms with Gasteiger partial charge in [-0.3, -0.25) is 0 Å². The van der Waals surface area contributed by atoms with Gasteiger partial charge in [0.05, 0.1) is 0 Å². The molecule has 0 radical (unpaired) electrons. The van der Waals surface area contributed by atoms with Crippen LogP contribution in [0, 0.1) is 17.3 Å². The molecule has 0 aliphatic heterocycles. The smallest absolute Gasteiger partial charge is 0.0438 e. The molecule has 19 heavy (non-hydrogen) atoms. The van der Waals surface area contributed by atoms with Crippen LogP contribution in [0.3, 0.4) is 0 Å². The van der Waals surface area contributed by atoms with Crippen LogP contribution in [0.15, 0.2) is 24.3 Å². The van der Waals surface area contributed by atoms with E-state index in [9.17, 15) is 0 Å². The second-order valence-electron chi connectivity index (χ2n) is 6.55. The Labute approximate surface area is 122 Å². The Morgan fingerprint density at radius 2 is 1.89 bits per heavy atom. The summed E-state index contributed by atoms with van der Waals surface area (Å²) in [5.41, 5.74) is 7.65. The molecule has 2 N–H and O–H groups in total. The standard InChI is InChI=1S/C17H26ClN/c1-13(2)14-7-9-17(12-19,10-8-14)11-15-5-3-4-6-16(15)18/h3-6,13-14H,7-12,19H2,1-2H3. The highest BCUT2D eigenvalue weighted by molar-refractivity contribution is 6.31. The van der Waals surface area contributed by atoms with E-state index in [0.717, 1.165) is 29.8 Å². The first kappa shape index (κ1) is 14.9. The number of hydrogen-bond acceptors (Lipinski definition) is 1. The minimum Gasteiger partial charge on any atom is -0.330 e. The first-order chi connectivity index (χ1) is 9.06. The van der Waals surface area contributed by atoms with Gasteiger partial charge >= 0.3 is 0 Å². The lowest BCUT2D eigenvalue weighted by molar-refractivity contribution is 0.132. The molecule has 1 aliphatic rings. The largest absolute Gasteiger partial charge is 0.330 e. The van der Waals surface area contributed by atoms with E-state index < -0.39 is 0 Å². The number of benzene rings is 1. The maximum absolute atomic E-state index is 6.30. The summed E-state index contributed by atoms with van der Waals surface area (Å²) in [7, 11) is 0. The van der Waals surface area contributed by atoms with Crippen molar-refractivity contribution in [1.82, 2.24) is 0 Å². The second-order valence-corrected chi connectivity index (χ2v) is 6.96. The molecular formula is C17H26ClN. The van der Waals surface area contributed by atoms with Crippen molar-refractivity contribution in [3.63, 3.8) is 0 Å². The van der Waals surface area contributed by atoms with Crippen molar-refractivity contribution in [3.05, 3.63) is 34.9 Å². The van der Waals surface area contributed by atoms with Gasteiger partial charge in [0.15, 0.2) is 0 Å². The Hall–Kier alpha value is -0.530. The minimum absolute atomic E-state index is 0.274. The van der Waals surface area contributed by atoms with Gasteiger partial charge < -0.3 is 5.73 Å². The normalized spacial score (nSPS) is 27.7. The molecule has 0 saturated heterocycles. The van der Waals surface area contributed by atoms with Gasteiger partial charge in [0.2, 0.25) is 0 Å². The molecule has 0 unspecified atom stereocenters. The lowest BCUT2D eigenvalue weighted by Gasteiger charge is -2.41. The Balaban J connectivity index is 2.07. The van der Waals surface area contributed by atoms with Crippen molar-refractivity contribution in [2.75, 3.05) is 6.54 Å². The summed E-state index contributed by atoms with van der Waals surface area (Å²) in [5.74, 6) is 1.68. The lowest BCUT2D eigenvalue weighted by atomic mass is 9.65. The molecule has 0 heterocycles. The van der Waals surface area contributed by atoms with Crippen LogP contribution in [-0.4, -0.2) is 6.54 Å². The van der Waals surface area contributed by atoms with Crippen molar-refractivity contribution in [2.24, 2.45) is 23.0 Å². The van der Waals surface area contributed by atoms with Gasteiger partial charge in [-0.1, -0.05) is 43.6 Å². The zero-order valence-corrected chi connectivity index (χ0v) is 12.9. The molecule has 1 aromatic rings. The van der Waals surface area contributed by atoms with Crippen molar-refractivity contribution in [3.8, 4) is 0 Å². The Morgan fingerprint density at radius 1 is 1.26 bits per heavy atom. The average molecular weight is 280 g/mol. The second kappa shape index (κ2) is 6.28. The van der Waals surface area contributed by atoms with Crippen molar-refractivity contribution in [2.45, 2.75) is 46.0 Å². The summed E-state index contributed by atoms with van der Waals surface area (Å²) in [6.45, 7) is 5.46. The molecule has 1 aromatic carbocycles. The molecule has 2 heteroatoms. The highest BCUT2D eigenvalue weighted by Gasteiger charge is 2.35. The molecule has 1 nitrogen and oxygen atoms in total. The van der Waals surface area contributed by atoms with Crippen LogP contribution in [0.4, 0.5) is 0 Å². The van der Waals surface area contributed by atoms with E-state index in [0.29, 0.717) is 0 Å². The number of hydrogen-bond donors (Lipinski definition) is 1. The topological polar surface area (TPSA) is 26.0 Å². The molecule has 1 fully saturated rings. The van der Waals surface area contributed by atoms with E-state index in [1.165, 1.54) is 31.2 Å². The maximum atomic E-state index is 6.30. The van der Waals surface area contributed by atoms with E-state index in [-0.39, 0.29) is 5.41 Å². The van der Waals surface area contributed by atoms with E-state index >= 15 is 0 Å². The van der Waals surface area contributed by atoms with Crippen LogP contribution in [0.25, 0.3) is 0 Å². The SMILES string of the molecule is CC(C)C1CCC(CN)(Cc2ccccc2Cl)CC1. The molecule has 2 rings (SSSR count). The van der Waals surface area contributed by atoms with Gasteiger partial charge in [-0.05, 0) is 67.5 Å². The number of halogens is 1. The fourth-order valence-electron chi connectivity index (χ4n) is 3.42. The number of rotatable bonds is 4. The van der Waals surface area contributed by atoms with Gasteiger partial charge in [0.1, 0.15) is 0 Å². The van der Waals surface area contributed by atoms with Crippen LogP contribution < -0.4 is 5.73 Å². The third-order valence-electron chi connectivity index (χ3n) is 4.99. The summed E-state index contributed by atoms with van der Waals surface area (Å²) >= 11 is 6.30. The minimum atomic E-state index is 0.274. The third-order valence-corrected chi connectivity index (χ3v) is 5.36. The summed E-state index contributed by atoms with van der Waals surface area (Å²) in [6, 6.07) is 8.21. The third kappa shape index (κ3) is 3.52. The monoisotopic (exact) mass is 279 g/mol. The Bertz CT molecular complexity index is 405. The molecule has 0 amide bonds. The van der Waals surface area contributed by atoms with Crippen LogP contribution in [0.2, 0.25) is 5.02 Å². The first-order valence-electron chi connectivity index (χ1n) is 7.50. The van der Waals surface area contributed by atoms with Crippen molar-refractivity contribution in [1.29, 1.82) is 0 Å². The molecule has 0 atom stereocenters. The van der Waals surface area contributed by atoms with Gasteiger partial charge in [-0.2, -0.15) is 0 Å². The van der Waals surface area contributed by atoms with Crippen LogP contribution >= 0.6 is 11.6 Å². The lowest BCUT2D eigenvalue weighted by Crippen LogP contribution is -2.37. The summed E-state index contributed by atoms with van der Waals surface area (Å²) in [6.07, 6.45) is 6.17. The van der Waals surface area contributed by atoms with Crippen LogP contribution in [-0.2, 0) is 6.42 Å². The van der Waals surface area contributed by atoms with Gasteiger partial charge in [0, 0.05) is 5.02 Å². The fraction of sp³-hybridized carbons (Fsp3) is 0.647. The maximum Gasteiger partial charge on any atom is 0.0438 e. The predicted molar refractivity (Wildman–Crippen MR) is 83.4 cm³/mol. The first-order valence-corrected chi connectivity index (χ1v) is 7.87. The van der Waals surface area contributed by atoms with Crippen molar-refractivity contribution < 1.29 is 0 Å². The molecular weight excluding hydrogens is 254 g/mol. The van der Waals surface area contributed by atoms with Gasteiger partial charge in [-0.15, -0.1) is 0 Å². The summed E-state index contributed by atoms with van der Waals surface area (Å²) < 4.78 is 0. The molecule has 0 bridgehead atoms. The van der Waals surface area contributed by atoms with E-state index in [1.54, 1.807) is 0 Å². The quantitative estimate of drug-likeness (QED) is 0.851. The number of nitrogens with two attached hydrogens (primary N) is 1. The molecule has 0 aromatic heterocycles. The van der Waals surface area contributed by atoms with Gasteiger partial charge in [-0.25, -0.2) is 0 Å². The average Bonchev–Trinajstić information content (AvgIpc) is 2.42. The van der Waals surface area contributed by atoms with Crippen molar-refractivity contribution >= 4 is 11.6 Å². The highest BCUT2D eigenvalue weighted by atomic mass is 35.5. The zero-order valence-electron chi connectivity index (χ0n) is 12.2.